The minimum absolute atomic E-state index is 0.479. The molecule has 38 heavy (non-hydrogen) atoms. The molecule has 12 heteroatoms. The fraction of sp³-hybridized carbons (Fsp3) is 0.269. The van der Waals surface area contributed by atoms with E-state index in [4.69, 9.17) is 4.74 Å². The van der Waals surface area contributed by atoms with Gasteiger partial charge in [-0.25, -0.2) is 4.39 Å². The molecule has 3 aromatic rings. The van der Waals surface area contributed by atoms with Crippen molar-refractivity contribution in [2.75, 3.05) is 11.7 Å². The molecule has 198 valence electrons. The van der Waals surface area contributed by atoms with E-state index in [1.165, 1.54) is 39.8 Å². The summed E-state index contributed by atoms with van der Waals surface area (Å²) in [4.78, 5) is 39.2. The van der Waals surface area contributed by atoms with Gasteiger partial charge in [-0.3, -0.25) is 24.1 Å². The Morgan fingerprint density at radius 1 is 1.11 bits per heavy atom. The zero-order chi connectivity index (χ0) is 27.4. The largest absolute Gasteiger partial charge is 0.420 e. The van der Waals surface area contributed by atoms with Crippen LogP contribution in [0.1, 0.15) is 47.1 Å². The van der Waals surface area contributed by atoms with Crippen LogP contribution in [0.25, 0.3) is 0 Å². The number of ether oxygens (including phenoxy) is 1. The van der Waals surface area contributed by atoms with Crippen molar-refractivity contribution >= 4 is 23.6 Å². The van der Waals surface area contributed by atoms with E-state index in [-0.39, 0.29) is 0 Å². The van der Waals surface area contributed by atoms with Crippen molar-refractivity contribution in [2.45, 2.75) is 42.8 Å². The van der Waals surface area contributed by atoms with E-state index in [0.29, 0.717) is 26.7 Å². The molecule has 0 unspecified atom stereocenters. The Bertz CT molecular complexity index is 1510. The van der Waals surface area contributed by atoms with Crippen LogP contribution < -0.4 is 15.2 Å². The molecule has 2 atom stereocenters. The molecule has 0 fully saturated rings. The molecule has 2 aliphatic rings. The smallest absolute Gasteiger partial charge is 0.408 e. The number of halogens is 4. The Hall–Kier alpha value is -3.80. The second kappa shape index (κ2) is 9.50. The molecule has 2 aliphatic heterocycles. The van der Waals surface area contributed by atoms with Crippen LogP contribution in [0.15, 0.2) is 64.4 Å². The van der Waals surface area contributed by atoms with E-state index >= 15 is 0 Å². The number of aromatic nitrogens is 1. The molecule has 5 rings (SSSR count). The lowest BCUT2D eigenvalue weighted by Gasteiger charge is -2.46. The predicted octanol–water partition coefficient (Wildman–Crippen LogP) is 4.61. The maximum absolute atomic E-state index is 14.6. The summed E-state index contributed by atoms with van der Waals surface area (Å²) >= 11 is 1.45. The minimum Gasteiger partial charge on any atom is -0.420 e. The van der Waals surface area contributed by atoms with Crippen molar-refractivity contribution in [1.29, 1.82) is 0 Å². The summed E-state index contributed by atoms with van der Waals surface area (Å²) in [6.45, 7) is 1.31. The van der Waals surface area contributed by atoms with Crippen LogP contribution >= 0.6 is 11.8 Å². The summed E-state index contributed by atoms with van der Waals surface area (Å²) in [5, 5.41) is 1.45. The zero-order valence-corrected chi connectivity index (χ0v) is 21.0. The first-order valence-corrected chi connectivity index (χ1v) is 12.5. The molecule has 0 saturated heterocycles. The van der Waals surface area contributed by atoms with Crippen LogP contribution in [0.4, 0.5) is 17.6 Å². The van der Waals surface area contributed by atoms with Crippen molar-refractivity contribution in [3.63, 3.8) is 0 Å². The Kier molecular flexibility index (Phi) is 6.46. The van der Waals surface area contributed by atoms with Gasteiger partial charge in [-0.05, 0) is 41.8 Å². The molecule has 0 radical (unpaired) electrons. The molecular weight excluding hydrogens is 526 g/mol. The maximum Gasteiger partial charge on any atom is 0.408 e. The van der Waals surface area contributed by atoms with Crippen LogP contribution in [-0.4, -0.2) is 40.3 Å². The zero-order valence-electron chi connectivity index (χ0n) is 20.2. The molecule has 0 bridgehead atoms. The first-order chi connectivity index (χ1) is 18.0. The van der Waals surface area contributed by atoms with Crippen LogP contribution in [0, 0.1) is 5.82 Å². The van der Waals surface area contributed by atoms with Gasteiger partial charge in [0.15, 0.2) is 5.69 Å². The van der Waals surface area contributed by atoms with E-state index in [1.807, 2.05) is 12.1 Å². The van der Waals surface area contributed by atoms with Gasteiger partial charge in [-0.2, -0.15) is 13.2 Å². The van der Waals surface area contributed by atoms with Crippen molar-refractivity contribution < 1.29 is 31.9 Å². The molecule has 0 aliphatic carbocycles. The highest BCUT2D eigenvalue weighted by atomic mass is 32.2. The second-order valence-electron chi connectivity index (χ2n) is 8.94. The normalized spacial score (nSPS) is 17.7. The van der Waals surface area contributed by atoms with Crippen LogP contribution in [0.3, 0.4) is 0 Å². The molecule has 2 aromatic carbocycles. The Balaban J connectivity index is 1.81. The van der Waals surface area contributed by atoms with Gasteiger partial charge in [0.25, 0.3) is 5.91 Å². The molecule has 1 aromatic heterocycles. The third-order valence-electron chi connectivity index (χ3n) is 6.56. The third kappa shape index (κ3) is 4.42. The summed E-state index contributed by atoms with van der Waals surface area (Å²) in [5.41, 5.74) is 0.672. The predicted molar refractivity (Wildman–Crippen MR) is 131 cm³/mol. The molecule has 0 spiro atoms. The summed E-state index contributed by atoms with van der Waals surface area (Å²) < 4.78 is 62.6. The summed E-state index contributed by atoms with van der Waals surface area (Å²) in [6, 6.07) is 9.46. The number of carbonyl (C=O) groups excluding carboxylic acids is 2. The van der Waals surface area contributed by atoms with Gasteiger partial charge >= 0.3 is 12.1 Å². The lowest BCUT2D eigenvalue weighted by molar-refractivity contribution is -0.173. The van der Waals surface area contributed by atoms with E-state index in [0.717, 1.165) is 25.5 Å². The Labute approximate surface area is 218 Å². The monoisotopic (exact) mass is 547 g/mol. The maximum atomic E-state index is 14.6. The van der Waals surface area contributed by atoms with E-state index in [1.54, 1.807) is 18.2 Å². The minimum atomic E-state index is -4.79. The summed E-state index contributed by atoms with van der Waals surface area (Å²) in [6.07, 6.45) is -3.54. The van der Waals surface area contributed by atoms with Gasteiger partial charge < -0.3 is 9.64 Å². The number of thioether (sulfide) groups is 1. The average molecular weight is 548 g/mol. The number of benzene rings is 2. The quantitative estimate of drug-likeness (QED) is 0.353. The van der Waals surface area contributed by atoms with Gasteiger partial charge in [0.05, 0.1) is 6.04 Å². The Morgan fingerprint density at radius 2 is 1.84 bits per heavy atom. The number of nitrogens with zero attached hydrogens (tertiary/aromatic N) is 3. The van der Waals surface area contributed by atoms with Crippen LogP contribution in [0.2, 0.25) is 0 Å². The van der Waals surface area contributed by atoms with Gasteiger partial charge in [-0.15, -0.1) is 11.8 Å². The van der Waals surface area contributed by atoms with Gasteiger partial charge in [-0.1, -0.05) is 24.3 Å². The molecule has 7 nitrogen and oxygen atoms in total. The number of hydrogen-bond donors (Lipinski definition) is 0. The summed E-state index contributed by atoms with van der Waals surface area (Å²) in [7, 11) is 0. The topological polar surface area (TPSA) is 71.8 Å². The number of carbonyl (C=O) groups is 2. The van der Waals surface area contributed by atoms with Crippen molar-refractivity contribution in [3.05, 3.63) is 93.2 Å². The number of hydrogen-bond acceptors (Lipinski definition) is 6. The van der Waals surface area contributed by atoms with E-state index < -0.39 is 59.5 Å². The first-order valence-electron chi connectivity index (χ1n) is 11.6. The average Bonchev–Trinajstić information content (AvgIpc) is 3.01. The van der Waals surface area contributed by atoms with Crippen molar-refractivity contribution in [2.24, 2.45) is 0 Å². The number of esters is 1. The van der Waals surface area contributed by atoms with Crippen LogP contribution in [-0.2, 0) is 10.5 Å². The molecular formula is C26H21F4N3O4S. The Morgan fingerprint density at radius 3 is 2.55 bits per heavy atom. The number of pyridine rings is 1. The van der Waals surface area contributed by atoms with Crippen molar-refractivity contribution in [1.82, 2.24) is 9.58 Å². The lowest BCUT2D eigenvalue weighted by atomic mass is 9.94. The highest BCUT2D eigenvalue weighted by Gasteiger charge is 2.48. The third-order valence-corrected chi connectivity index (χ3v) is 7.70. The van der Waals surface area contributed by atoms with Crippen molar-refractivity contribution in [3.8, 4) is 5.75 Å². The highest BCUT2D eigenvalue weighted by molar-refractivity contribution is 7.98. The summed E-state index contributed by atoms with van der Waals surface area (Å²) in [5.74, 6) is -2.74. The standard InChI is InChI=1S/C26H21F4N3O4S/c1-14(26(28,29)30)31-13-33(32-10-9-20(35)24(37-15(2)34)23(32)25(31)36)22-18-6-4-3-5-16(18)12-38-21-8-7-17(27)11-19(21)22/h3-11,14,22H,12-13H2,1-2H3/t14-,22-/m1/s1. The molecule has 3 heterocycles. The number of fused-ring (bicyclic) bond motifs is 3. The molecule has 0 N–H and O–H groups in total. The van der Waals surface area contributed by atoms with E-state index in [9.17, 15) is 31.9 Å². The molecule has 1 amide bonds. The molecule has 0 saturated carbocycles. The van der Waals surface area contributed by atoms with Gasteiger partial charge in [0, 0.05) is 29.8 Å². The number of amides is 1. The fourth-order valence-corrected chi connectivity index (χ4v) is 5.78. The SMILES string of the molecule is CC(=O)Oc1c2n(ccc1=O)N([C@@H]1c3ccccc3CSc3ccc(F)cc31)CN([C@H](C)C(F)(F)F)C2=O. The fourth-order valence-electron chi connectivity index (χ4n) is 4.71. The van der Waals surface area contributed by atoms with Gasteiger partial charge in [0.2, 0.25) is 11.2 Å². The second-order valence-corrected chi connectivity index (χ2v) is 9.96. The number of alkyl halides is 3. The first kappa shape index (κ1) is 25.8. The number of rotatable bonds is 3. The highest BCUT2D eigenvalue weighted by Crippen LogP contribution is 2.43. The van der Waals surface area contributed by atoms with Crippen LogP contribution in [0.5, 0.6) is 5.75 Å². The lowest BCUT2D eigenvalue weighted by Crippen LogP contribution is -2.60. The van der Waals surface area contributed by atoms with Gasteiger partial charge in [0.1, 0.15) is 18.5 Å². The van der Waals surface area contributed by atoms with E-state index in [2.05, 4.69) is 0 Å².